The van der Waals surface area contributed by atoms with E-state index < -0.39 is 17.5 Å². The molecule has 4 heteroatoms. The number of halogens is 2. The molecule has 0 radical (unpaired) electrons. The first kappa shape index (κ1) is 13.2. The van der Waals surface area contributed by atoms with Crippen molar-refractivity contribution in [1.82, 2.24) is 0 Å². The zero-order chi connectivity index (χ0) is 14.0. The average molecular weight is 261 g/mol. The van der Waals surface area contributed by atoms with Crippen molar-refractivity contribution in [2.24, 2.45) is 0 Å². The molecule has 0 saturated carbocycles. The summed E-state index contributed by atoms with van der Waals surface area (Å²) < 4.78 is 26.5. The normalized spacial score (nSPS) is 10.3. The van der Waals surface area contributed by atoms with E-state index in [4.69, 9.17) is 0 Å². The molecule has 0 aromatic heterocycles. The van der Waals surface area contributed by atoms with Gasteiger partial charge in [-0.05, 0) is 49.2 Å². The van der Waals surface area contributed by atoms with E-state index in [2.05, 4.69) is 5.32 Å². The van der Waals surface area contributed by atoms with Gasteiger partial charge < -0.3 is 5.32 Å². The van der Waals surface area contributed by atoms with E-state index in [0.29, 0.717) is 11.3 Å². The summed E-state index contributed by atoms with van der Waals surface area (Å²) in [7, 11) is 0. The summed E-state index contributed by atoms with van der Waals surface area (Å²) in [5, 5.41) is 2.57. The summed E-state index contributed by atoms with van der Waals surface area (Å²) in [6.45, 7) is 3.37. The molecule has 19 heavy (non-hydrogen) atoms. The van der Waals surface area contributed by atoms with Gasteiger partial charge in [0.15, 0.2) is 0 Å². The van der Waals surface area contributed by atoms with Gasteiger partial charge in [-0.2, -0.15) is 0 Å². The minimum atomic E-state index is -0.465. The molecule has 2 rings (SSSR count). The fourth-order valence-corrected chi connectivity index (χ4v) is 1.66. The van der Waals surface area contributed by atoms with Crippen LogP contribution >= 0.6 is 0 Å². The van der Waals surface area contributed by atoms with Gasteiger partial charge in [0.1, 0.15) is 11.6 Å². The Morgan fingerprint density at radius 1 is 1.00 bits per heavy atom. The van der Waals surface area contributed by atoms with Gasteiger partial charge in [-0.25, -0.2) is 8.78 Å². The Balaban J connectivity index is 2.25. The molecule has 98 valence electrons. The molecule has 2 aromatic rings. The highest BCUT2D eigenvalue weighted by Crippen LogP contribution is 2.17. The topological polar surface area (TPSA) is 29.1 Å². The van der Waals surface area contributed by atoms with Gasteiger partial charge >= 0.3 is 0 Å². The van der Waals surface area contributed by atoms with Crippen LogP contribution in [0.3, 0.4) is 0 Å². The number of benzene rings is 2. The SMILES string of the molecule is Cc1ccc(C(=O)Nc2cc(F)ccc2C)cc1F. The second-order valence-corrected chi connectivity index (χ2v) is 4.38. The lowest BCUT2D eigenvalue weighted by molar-refractivity contribution is 0.102. The number of nitrogens with one attached hydrogen (secondary N) is 1. The summed E-state index contributed by atoms with van der Waals surface area (Å²) >= 11 is 0. The van der Waals surface area contributed by atoms with Crippen LogP contribution in [0.5, 0.6) is 0 Å². The van der Waals surface area contributed by atoms with Crippen LogP contribution in [-0.2, 0) is 0 Å². The van der Waals surface area contributed by atoms with Gasteiger partial charge in [-0.15, -0.1) is 0 Å². The largest absolute Gasteiger partial charge is 0.322 e. The minimum absolute atomic E-state index is 0.201. The third-order valence-corrected chi connectivity index (χ3v) is 2.88. The molecule has 0 aliphatic heterocycles. The van der Waals surface area contributed by atoms with Crippen molar-refractivity contribution in [3.63, 3.8) is 0 Å². The highest BCUT2D eigenvalue weighted by molar-refractivity contribution is 6.04. The molecule has 0 heterocycles. The molecule has 0 fully saturated rings. The van der Waals surface area contributed by atoms with Crippen LogP contribution in [0.2, 0.25) is 0 Å². The molecule has 0 spiro atoms. The molecule has 0 bridgehead atoms. The molecule has 0 unspecified atom stereocenters. The molecule has 0 atom stereocenters. The number of anilines is 1. The Kier molecular flexibility index (Phi) is 3.60. The number of hydrogen-bond acceptors (Lipinski definition) is 1. The van der Waals surface area contributed by atoms with Gasteiger partial charge in [0.2, 0.25) is 0 Å². The Morgan fingerprint density at radius 2 is 1.68 bits per heavy atom. The minimum Gasteiger partial charge on any atom is -0.322 e. The fraction of sp³-hybridized carbons (Fsp3) is 0.133. The van der Waals surface area contributed by atoms with Crippen molar-refractivity contribution in [3.8, 4) is 0 Å². The average Bonchev–Trinajstić information content (AvgIpc) is 2.37. The van der Waals surface area contributed by atoms with E-state index in [1.165, 1.54) is 30.3 Å². The lowest BCUT2D eigenvalue weighted by Crippen LogP contribution is -2.13. The number of hydrogen-bond donors (Lipinski definition) is 1. The molecule has 0 aliphatic rings. The monoisotopic (exact) mass is 261 g/mol. The predicted molar refractivity (Wildman–Crippen MR) is 70.2 cm³/mol. The van der Waals surface area contributed by atoms with Crippen LogP contribution in [0, 0.1) is 25.5 Å². The third-order valence-electron chi connectivity index (χ3n) is 2.88. The molecule has 0 aliphatic carbocycles. The van der Waals surface area contributed by atoms with Crippen LogP contribution in [0.1, 0.15) is 21.5 Å². The Labute approximate surface area is 110 Å². The van der Waals surface area contributed by atoms with E-state index in [9.17, 15) is 13.6 Å². The van der Waals surface area contributed by atoms with Gasteiger partial charge in [0, 0.05) is 11.3 Å². The van der Waals surface area contributed by atoms with Gasteiger partial charge in [0.05, 0.1) is 0 Å². The van der Waals surface area contributed by atoms with Crippen LogP contribution in [-0.4, -0.2) is 5.91 Å². The number of rotatable bonds is 2. The number of carbonyl (C=O) groups is 1. The first-order valence-corrected chi connectivity index (χ1v) is 5.81. The summed E-state index contributed by atoms with van der Waals surface area (Å²) in [5.41, 5.74) is 1.79. The van der Waals surface area contributed by atoms with E-state index in [1.54, 1.807) is 19.9 Å². The second-order valence-electron chi connectivity index (χ2n) is 4.38. The molecule has 0 saturated heterocycles. The zero-order valence-corrected chi connectivity index (χ0v) is 10.6. The fourth-order valence-electron chi connectivity index (χ4n) is 1.66. The van der Waals surface area contributed by atoms with Crippen molar-refractivity contribution in [1.29, 1.82) is 0 Å². The van der Waals surface area contributed by atoms with E-state index in [-0.39, 0.29) is 5.56 Å². The summed E-state index contributed by atoms with van der Waals surface area (Å²) in [6, 6.07) is 8.35. The molecular formula is C15H13F2NO. The molecule has 1 amide bonds. The second kappa shape index (κ2) is 5.18. The zero-order valence-electron chi connectivity index (χ0n) is 10.6. The quantitative estimate of drug-likeness (QED) is 0.874. The Bertz CT molecular complexity index is 638. The summed E-state index contributed by atoms with van der Waals surface area (Å²) in [5.74, 6) is -1.34. The maximum Gasteiger partial charge on any atom is 0.255 e. The van der Waals surface area contributed by atoms with E-state index >= 15 is 0 Å². The molecule has 1 N–H and O–H groups in total. The molecular weight excluding hydrogens is 248 g/mol. The highest BCUT2D eigenvalue weighted by atomic mass is 19.1. The Morgan fingerprint density at radius 3 is 2.37 bits per heavy atom. The molecule has 2 aromatic carbocycles. The number of carbonyl (C=O) groups excluding carboxylic acids is 1. The summed E-state index contributed by atoms with van der Waals surface area (Å²) in [4.78, 5) is 11.9. The standard InChI is InChI=1S/C15H13F2NO/c1-9-3-5-11(7-13(9)17)15(19)18-14-8-12(16)6-4-10(14)2/h3-8H,1-2H3,(H,18,19). The predicted octanol–water partition coefficient (Wildman–Crippen LogP) is 3.83. The van der Waals surface area contributed by atoms with Gasteiger partial charge in [0.25, 0.3) is 5.91 Å². The Hall–Kier alpha value is -2.23. The van der Waals surface area contributed by atoms with Crippen LogP contribution in [0.15, 0.2) is 36.4 Å². The maximum atomic E-state index is 13.4. The first-order chi connectivity index (χ1) is 8.97. The molecule has 2 nitrogen and oxygen atoms in total. The third kappa shape index (κ3) is 2.96. The van der Waals surface area contributed by atoms with E-state index in [1.807, 2.05) is 0 Å². The lowest BCUT2D eigenvalue weighted by atomic mass is 10.1. The smallest absolute Gasteiger partial charge is 0.255 e. The van der Waals surface area contributed by atoms with Crippen molar-refractivity contribution in [2.45, 2.75) is 13.8 Å². The maximum absolute atomic E-state index is 13.4. The van der Waals surface area contributed by atoms with E-state index in [0.717, 1.165) is 5.56 Å². The highest BCUT2D eigenvalue weighted by Gasteiger charge is 2.10. The van der Waals surface area contributed by atoms with Crippen molar-refractivity contribution < 1.29 is 13.6 Å². The van der Waals surface area contributed by atoms with Crippen LogP contribution in [0.4, 0.5) is 14.5 Å². The lowest BCUT2D eigenvalue weighted by Gasteiger charge is -2.09. The summed E-state index contributed by atoms with van der Waals surface area (Å²) in [6.07, 6.45) is 0. The van der Waals surface area contributed by atoms with Gasteiger partial charge in [-0.1, -0.05) is 12.1 Å². The van der Waals surface area contributed by atoms with Crippen molar-refractivity contribution >= 4 is 11.6 Å². The van der Waals surface area contributed by atoms with Crippen LogP contribution in [0.25, 0.3) is 0 Å². The number of aryl methyl sites for hydroxylation is 2. The van der Waals surface area contributed by atoms with Crippen LogP contribution < -0.4 is 5.32 Å². The van der Waals surface area contributed by atoms with Crippen molar-refractivity contribution in [2.75, 3.05) is 5.32 Å². The number of amides is 1. The van der Waals surface area contributed by atoms with Crippen molar-refractivity contribution in [3.05, 3.63) is 64.7 Å². The first-order valence-electron chi connectivity index (χ1n) is 5.81. The van der Waals surface area contributed by atoms with Gasteiger partial charge in [-0.3, -0.25) is 4.79 Å².